The maximum absolute atomic E-state index is 6.32. The van der Waals surface area contributed by atoms with Crippen molar-refractivity contribution in [2.45, 2.75) is 0 Å². The molecule has 0 radical (unpaired) electrons. The molecule has 0 aliphatic heterocycles. The summed E-state index contributed by atoms with van der Waals surface area (Å²) in [7, 11) is 0. The highest BCUT2D eigenvalue weighted by Gasteiger charge is 2.14. The number of halogens is 4. The zero-order valence-corrected chi connectivity index (χ0v) is 45.6. The van der Waals surface area contributed by atoms with Crippen LogP contribution < -0.4 is 0 Å². The number of hydrogen-bond acceptors (Lipinski definition) is 4. The molecule has 80 heavy (non-hydrogen) atoms. The van der Waals surface area contributed by atoms with Gasteiger partial charge in [0.1, 0.15) is 44.7 Å². The molecule has 0 fully saturated rings. The van der Waals surface area contributed by atoms with Gasteiger partial charge in [-0.25, -0.2) is 0 Å². The highest BCUT2D eigenvalue weighted by molar-refractivity contribution is 6.38. The lowest BCUT2D eigenvalue weighted by molar-refractivity contribution is 0.668. The van der Waals surface area contributed by atoms with Gasteiger partial charge in [0.2, 0.25) is 0 Å². The molecular formula is C72H44Cl4O4. The third-order valence-electron chi connectivity index (χ3n) is 14.2. The molecule has 4 nitrogen and oxygen atoms in total. The van der Waals surface area contributed by atoms with Gasteiger partial charge in [0.15, 0.2) is 0 Å². The summed E-state index contributed by atoms with van der Waals surface area (Å²) in [4.78, 5) is 0. The van der Waals surface area contributed by atoms with E-state index in [9.17, 15) is 0 Å². The minimum Gasteiger partial charge on any atom is -0.456 e. The Morgan fingerprint density at radius 3 is 1.02 bits per heavy atom. The molecule has 4 aromatic heterocycles. The van der Waals surface area contributed by atoms with Crippen LogP contribution in [0.2, 0.25) is 20.1 Å². The predicted molar refractivity (Wildman–Crippen MR) is 337 cm³/mol. The van der Waals surface area contributed by atoms with Crippen molar-refractivity contribution in [3.63, 3.8) is 0 Å². The van der Waals surface area contributed by atoms with Crippen LogP contribution in [0, 0.1) is 0 Å². The van der Waals surface area contributed by atoms with Crippen molar-refractivity contribution in [2.24, 2.45) is 0 Å². The predicted octanol–water partition coefficient (Wildman–Crippen LogP) is 23.6. The second-order valence-electron chi connectivity index (χ2n) is 19.3. The molecule has 384 valence electrons. The van der Waals surface area contributed by atoms with E-state index in [0.29, 0.717) is 10.0 Å². The number of hydrogen-bond donors (Lipinski definition) is 0. The Labute approximate surface area is 480 Å². The summed E-state index contributed by atoms with van der Waals surface area (Å²) in [5.41, 5.74) is 16.4. The lowest BCUT2D eigenvalue weighted by Crippen LogP contribution is -1.76. The number of rotatable bonds is 4. The molecule has 12 aromatic carbocycles. The van der Waals surface area contributed by atoms with Crippen LogP contribution >= 0.6 is 46.4 Å². The van der Waals surface area contributed by atoms with Crippen LogP contribution in [-0.4, -0.2) is 0 Å². The Bertz CT molecular complexity index is 4850. The van der Waals surface area contributed by atoms with Gasteiger partial charge in [-0.1, -0.05) is 198 Å². The molecule has 4 heterocycles. The van der Waals surface area contributed by atoms with Gasteiger partial charge in [0, 0.05) is 70.3 Å². The van der Waals surface area contributed by atoms with Crippen LogP contribution in [-0.2, 0) is 0 Å². The molecule has 16 aromatic rings. The largest absolute Gasteiger partial charge is 0.456 e. The van der Waals surface area contributed by atoms with E-state index in [0.717, 1.165) is 103 Å². The highest BCUT2D eigenvalue weighted by Crippen LogP contribution is 2.39. The number of benzene rings is 12. The Morgan fingerprint density at radius 2 is 0.512 bits per heavy atom. The van der Waals surface area contributed by atoms with E-state index in [4.69, 9.17) is 64.1 Å². The van der Waals surface area contributed by atoms with Gasteiger partial charge in [-0.3, -0.25) is 0 Å². The molecule has 0 amide bonds. The van der Waals surface area contributed by atoms with Gasteiger partial charge >= 0.3 is 0 Å². The monoisotopic (exact) mass is 1110 g/mol. The third-order valence-corrected chi connectivity index (χ3v) is 15.2. The Morgan fingerprint density at radius 1 is 0.188 bits per heavy atom. The molecular weight excluding hydrogens is 1070 g/mol. The van der Waals surface area contributed by atoms with E-state index in [1.807, 2.05) is 164 Å². The van der Waals surface area contributed by atoms with Gasteiger partial charge in [0.05, 0.1) is 5.02 Å². The van der Waals surface area contributed by atoms with Crippen LogP contribution in [0.1, 0.15) is 0 Å². The second kappa shape index (κ2) is 22.0. The van der Waals surface area contributed by atoms with E-state index < -0.39 is 0 Å². The van der Waals surface area contributed by atoms with Crippen molar-refractivity contribution >= 4 is 134 Å². The molecule has 0 N–H and O–H groups in total. The zero-order valence-electron chi connectivity index (χ0n) is 42.5. The van der Waals surface area contributed by atoms with E-state index in [-0.39, 0.29) is 0 Å². The molecule has 0 aliphatic rings. The smallest absolute Gasteiger partial charge is 0.136 e. The van der Waals surface area contributed by atoms with Crippen molar-refractivity contribution in [2.75, 3.05) is 0 Å². The molecule has 8 heteroatoms. The molecule has 0 saturated heterocycles. The molecule has 0 unspecified atom stereocenters. The van der Waals surface area contributed by atoms with Crippen LogP contribution in [0.3, 0.4) is 0 Å². The number of fused-ring (bicyclic) bond motifs is 12. The summed E-state index contributed by atoms with van der Waals surface area (Å²) in [6.45, 7) is 0. The highest BCUT2D eigenvalue weighted by atomic mass is 35.5. The standard InChI is InChI=1S/4C18H11ClO/c19-15-7-4-8-17-18(15)14-11-13(9-10-16(14)20-17)12-5-2-1-3-6-12;19-14-7-8-15-16-10-13(12-4-2-1-3-5-12)6-9-17(16)20-18(15)11-14;19-14-7-9-18-16(11-14)15-10-13(6-8-17(15)20-18)12-4-2-1-3-5-12;19-14-7-9-16-15-8-6-13(12-4-2-1-3-5-12)10-17(15)20-18(16)11-14/h4*1-11H. The SMILES string of the molecule is Clc1ccc2c(c1)oc1cc(-c3ccccc3)ccc12.Clc1ccc2c(c1)oc1ccc(-c3ccccc3)cc12.Clc1ccc2oc3ccc(-c4ccccc4)cc3c2c1.Clc1cccc2oc3ccc(-c4ccccc4)cc3c12. The first kappa shape index (κ1) is 50.5. The van der Waals surface area contributed by atoms with Crippen molar-refractivity contribution in [1.82, 2.24) is 0 Å². The average molecular weight is 1110 g/mol. The fourth-order valence-corrected chi connectivity index (χ4v) is 11.0. The van der Waals surface area contributed by atoms with E-state index >= 15 is 0 Å². The van der Waals surface area contributed by atoms with Gasteiger partial charge in [-0.2, -0.15) is 0 Å². The van der Waals surface area contributed by atoms with Crippen LogP contribution in [0.4, 0.5) is 0 Å². The maximum atomic E-state index is 6.32. The normalized spacial score (nSPS) is 11.2. The van der Waals surface area contributed by atoms with Gasteiger partial charge < -0.3 is 17.7 Å². The quantitative estimate of drug-likeness (QED) is 0.176. The average Bonchev–Trinajstić information content (AvgIpc) is 4.35. The fraction of sp³-hybridized carbons (Fsp3) is 0. The molecule has 0 saturated carbocycles. The summed E-state index contributed by atoms with van der Waals surface area (Å²) < 4.78 is 23.4. The van der Waals surface area contributed by atoms with E-state index in [2.05, 4.69) is 103 Å². The first-order valence-corrected chi connectivity index (χ1v) is 27.5. The van der Waals surface area contributed by atoms with Crippen LogP contribution in [0.25, 0.3) is 132 Å². The molecule has 0 bridgehead atoms. The van der Waals surface area contributed by atoms with Crippen molar-refractivity contribution in [1.29, 1.82) is 0 Å². The summed E-state index contributed by atoms with van der Waals surface area (Å²) in [5.74, 6) is 0. The van der Waals surface area contributed by atoms with Gasteiger partial charge in [0.25, 0.3) is 0 Å². The van der Waals surface area contributed by atoms with E-state index in [1.165, 1.54) is 38.9 Å². The summed E-state index contributed by atoms with van der Waals surface area (Å²) in [6.07, 6.45) is 0. The number of furan rings is 4. The Hall–Kier alpha value is -9.00. The third kappa shape index (κ3) is 10.3. The summed E-state index contributed by atoms with van der Waals surface area (Å²) >= 11 is 24.4. The Balaban J connectivity index is 0.000000101. The molecule has 0 spiro atoms. The first-order chi connectivity index (χ1) is 39.3. The lowest BCUT2D eigenvalue weighted by Gasteiger charge is -2.01. The van der Waals surface area contributed by atoms with Gasteiger partial charge in [-0.05, 0) is 148 Å². The fourth-order valence-electron chi connectivity index (χ4n) is 10.3. The van der Waals surface area contributed by atoms with Crippen LogP contribution in [0.15, 0.2) is 285 Å². The molecule has 0 atom stereocenters. The van der Waals surface area contributed by atoms with Gasteiger partial charge in [-0.15, -0.1) is 0 Å². The van der Waals surface area contributed by atoms with Crippen LogP contribution in [0.5, 0.6) is 0 Å². The first-order valence-electron chi connectivity index (χ1n) is 25.9. The minimum atomic E-state index is 0.694. The zero-order chi connectivity index (χ0) is 54.1. The Kier molecular flexibility index (Phi) is 13.9. The maximum Gasteiger partial charge on any atom is 0.136 e. The van der Waals surface area contributed by atoms with Crippen molar-refractivity contribution in [3.8, 4) is 44.5 Å². The van der Waals surface area contributed by atoms with Crippen molar-refractivity contribution < 1.29 is 17.7 Å². The molecule has 0 aliphatic carbocycles. The molecule has 16 rings (SSSR count). The minimum absolute atomic E-state index is 0.694. The lowest BCUT2D eigenvalue weighted by atomic mass is 10.0. The van der Waals surface area contributed by atoms with Crippen molar-refractivity contribution in [3.05, 3.63) is 287 Å². The summed E-state index contributed by atoms with van der Waals surface area (Å²) in [5, 5.41) is 11.5. The summed E-state index contributed by atoms with van der Waals surface area (Å²) in [6, 6.07) is 89.4. The topological polar surface area (TPSA) is 52.6 Å². The van der Waals surface area contributed by atoms with E-state index in [1.54, 1.807) is 0 Å². The second-order valence-corrected chi connectivity index (χ2v) is 21.0.